The van der Waals surface area contributed by atoms with E-state index < -0.39 is 5.97 Å². The predicted molar refractivity (Wildman–Crippen MR) is 77.2 cm³/mol. The average Bonchev–Trinajstić information content (AvgIpc) is 2.76. The summed E-state index contributed by atoms with van der Waals surface area (Å²) >= 11 is 1.00. The maximum absolute atomic E-state index is 11.5. The number of amides is 2. The summed E-state index contributed by atoms with van der Waals surface area (Å²) in [5.41, 5.74) is 0.917. The molecule has 0 aliphatic carbocycles. The molecule has 0 saturated carbocycles. The van der Waals surface area contributed by atoms with E-state index in [0.717, 1.165) is 17.3 Å². The van der Waals surface area contributed by atoms with E-state index in [4.69, 9.17) is 9.47 Å². The number of carbonyl (C=O) groups is 3. The molecule has 1 saturated heterocycles. The first-order valence-corrected chi connectivity index (χ1v) is 7.35. The van der Waals surface area contributed by atoms with Crippen LogP contribution < -0.4 is 10.1 Å². The van der Waals surface area contributed by atoms with Gasteiger partial charge in [-0.1, -0.05) is 23.9 Å². The van der Waals surface area contributed by atoms with Crippen LogP contribution in [-0.2, 0) is 20.7 Å². The van der Waals surface area contributed by atoms with Crippen LogP contribution >= 0.6 is 11.8 Å². The first-order chi connectivity index (χ1) is 10.1. The van der Waals surface area contributed by atoms with E-state index in [0.29, 0.717) is 18.8 Å². The van der Waals surface area contributed by atoms with Crippen LogP contribution in [-0.4, -0.2) is 35.6 Å². The monoisotopic (exact) mass is 309 g/mol. The zero-order valence-corrected chi connectivity index (χ0v) is 12.3. The van der Waals surface area contributed by atoms with Crippen molar-refractivity contribution in [3.63, 3.8) is 0 Å². The van der Waals surface area contributed by atoms with Gasteiger partial charge in [-0.05, 0) is 31.0 Å². The van der Waals surface area contributed by atoms with Crippen molar-refractivity contribution in [1.82, 2.24) is 5.32 Å². The number of ether oxygens (including phenoxy) is 2. The molecule has 0 bridgehead atoms. The van der Waals surface area contributed by atoms with Crippen LogP contribution in [0.15, 0.2) is 24.3 Å². The van der Waals surface area contributed by atoms with Gasteiger partial charge in [0, 0.05) is 0 Å². The number of thioether (sulfide) groups is 1. The zero-order valence-electron chi connectivity index (χ0n) is 11.5. The molecule has 1 heterocycles. The van der Waals surface area contributed by atoms with E-state index in [2.05, 4.69) is 5.32 Å². The van der Waals surface area contributed by atoms with Crippen LogP contribution in [0.2, 0.25) is 0 Å². The van der Waals surface area contributed by atoms with Gasteiger partial charge in [-0.3, -0.25) is 14.9 Å². The third kappa shape index (κ3) is 4.49. The number of hydrogen-bond acceptors (Lipinski definition) is 6. The summed E-state index contributed by atoms with van der Waals surface area (Å²) in [4.78, 5) is 33.7. The lowest BCUT2D eigenvalue weighted by Gasteiger charge is -2.08. The number of nitrogens with one attached hydrogen (secondary N) is 1. The van der Waals surface area contributed by atoms with Crippen molar-refractivity contribution in [2.45, 2.75) is 18.6 Å². The number of benzene rings is 1. The van der Waals surface area contributed by atoms with E-state index in [1.807, 2.05) is 0 Å². The van der Waals surface area contributed by atoms with Gasteiger partial charge in [0.05, 0.1) is 11.9 Å². The quantitative estimate of drug-likeness (QED) is 0.802. The van der Waals surface area contributed by atoms with E-state index in [1.54, 1.807) is 31.2 Å². The highest BCUT2D eigenvalue weighted by Gasteiger charge is 2.31. The van der Waals surface area contributed by atoms with Crippen molar-refractivity contribution in [3.8, 4) is 5.75 Å². The fourth-order valence-corrected chi connectivity index (χ4v) is 2.67. The highest BCUT2D eigenvalue weighted by Crippen LogP contribution is 2.23. The molecular weight excluding hydrogens is 294 g/mol. The van der Waals surface area contributed by atoms with Gasteiger partial charge >= 0.3 is 5.97 Å². The number of carbonyl (C=O) groups excluding carboxylic acids is 3. The lowest BCUT2D eigenvalue weighted by Crippen LogP contribution is -2.25. The van der Waals surface area contributed by atoms with E-state index in [1.165, 1.54) is 0 Å². The number of rotatable bonds is 6. The van der Waals surface area contributed by atoms with Crippen molar-refractivity contribution in [2.24, 2.45) is 0 Å². The summed E-state index contributed by atoms with van der Waals surface area (Å²) in [5.74, 6) is -0.127. The third-order valence-corrected chi connectivity index (χ3v) is 3.75. The van der Waals surface area contributed by atoms with Crippen LogP contribution in [0.1, 0.15) is 12.5 Å². The topological polar surface area (TPSA) is 81.7 Å². The lowest BCUT2D eigenvalue weighted by atomic mass is 10.1. The maximum atomic E-state index is 11.5. The van der Waals surface area contributed by atoms with Crippen LogP contribution in [0, 0.1) is 0 Å². The van der Waals surface area contributed by atoms with Gasteiger partial charge in [0.2, 0.25) is 5.91 Å². The van der Waals surface area contributed by atoms with Crippen LogP contribution in [0.5, 0.6) is 5.75 Å². The Balaban J connectivity index is 1.86. The molecule has 0 radical (unpaired) electrons. The van der Waals surface area contributed by atoms with Gasteiger partial charge in [0.1, 0.15) is 5.75 Å². The van der Waals surface area contributed by atoms with Crippen molar-refractivity contribution in [2.75, 3.05) is 13.2 Å². The number of esters is 1. The van der Waals surface area contributed by atoms with Crippen molar-refractivity contribution < 1.29 is 23.9 Å². The van der Waals surface area contributed by atoms with E-state index in [-0.39, 0.29) is 23.0 Å². The zero-order chi connectivity index (χ0) is 15.2. The van der Waals surface area contributed by atoms with Gasteiger partial charge in [-0.15, -0.1) is 0 Å². The normalized spacial score (nSPS) is 17.5. The second kappa shape index (κ2) is 7.12. The van der Waals surface area contributed by atoms with Gasteiger partial charge in [0.15, 0.2) is 6.61 Å². The average molecular weight is 309 g/mol. The molecule has 7 heteroatoms. The molecule has 1 unspecified atom stereocenters. The third-order valence-electron chi connectivity index (χ3n) is 2.77. The van der Waals surface area contributed by atoms with Gasteiger partial charge in [0.25, 0.3) is 5.24 Å². The molecule has 1 atom stereocenters. The van der Waals surface area contributed by atoms with E-state index in [9.17, 15) is 14.4 Å². The first-order valence-electron chi connectivity index (χ1n) is 6.47. The molecule has 1 aliphatic heterocycles. The molecule has 1 aromatic rings. The van der Waals surface area contributed by atoms with Crippen molar-refractivity contribution >= 4 is 28.9 Å². The minimum absolute atomic E-state index is 0.136. The molecule has 1 N–H and O–H groups in total. The summed E-state index contributed by atoms with van der Waals surface area (Å²) in [7, 11) is 0. The Hall–Kier alpha value is -2.02. The Morgan fingerprint density at radius 1 is 1.29 bits per heavy atom. The molecule has 0 aromatic heterocycles. The molecule has 112 valence electrons. The smallest absolute Gasteiger partial charge is 0.344 e. The van der Waals surface area contributed by atoms with Crippen LogP contribution in [0.3, 0.4) is 0 Å². The summed E-state index contributed by atoms with van der Waals surface area (Å²) in [6, 6.07) is 7.04. The Morgan fingerprint density at radius 3 is 2.57 bits per heavy atom. The number of imide groups is 1. The molecule has 0 spiro atoms. The second-order valence-electron chi connectivity index (χ2n) is 4.32. The van der Waals surface area contributed by atoms with Gasteiger partial charge in [-0.2, -0.15) is 0 Å². The molecular formula is C14H15NO5S. The van der Waals surface area contributed by atoms with Crippen molar-refractivity contribution in [1.29, 1.82) is 0 Å². The first kappa shape index (κ1) is 15.4. The minimum Gasteiger partial charge on any atom is -0.482 e. The highest BCUT2D eigenvalue weighted by molar-refractivity contribution is 8.15. The summed E-state index contributed by atoms with van der Waals surface area (Å²) in [6.07, 6.45) is 0.473. The second-order valence-corrected chi connectivity index (χ2v) is 5.50. The Bertz CT molecular complexity index is 543. The summed E-state index contributed by atoms with van der Waals surface area (Å²) in [6.45, 7) is 1.91. The molecule has 21 heavy (non-hydrogen) atoms. The molecule has 1 aliphatic rings. The SMILES string of the molecule is CCOC(=O)COc1ccc(CC2SC(=O)NC2=O)cc1. The fraction of sp³-hybridized carbons (Fsp3) is 0.357. The molecule has 2 rings (SSSR count). The number of hydrogen-bond donors (Lipinski definition) is 1. The Morgan fingerprint density at radius 2 is 2.00 bits per heavy atom. The summed E-state index contributed by atoms with van der Waals surface area (Å²) < 4.78 is 10.0. The molecule has 1 aromatic carbocycles. The Kier molecular flexibility index (Phi) is 5.21. The van der Waals surface area contributed by atoms with Crippen LogP contribution in [0.4, 0.5) is 4.79 Å². The van der Waals surface area contributed by atoms with Gasteiger partial charge in [-0.25, -0.2) is 4.79 Å². The van der Waals surface area contributed by atoms with Gasteiger partial charge < -0.3 is 9.47 Å². The highest BCUT2D eigenvalue weighted by atomic mass is 32.2. The minimum atomic E-state index is -0.417. The Labute approximate surface area is 126 Å². The fourth-order valence-electron chi connectivity index (χ4n) is 1.81. The largest absolute Gasteiger partial charge is 0.482 e. The summed E-state index contributed by atoms with van der Waals surface area (Å²) in [5, 5.41) is 1.56. The lowest BCUT2D eigenvalue weighted by molar-refractivity contribution is -0.145. The molecule has 1 fully saturated rings. The predicted octanol–water partition coefficient (Wildman–Crippen LogP) is 1.52. The van der Waals surface area contributed by atoms with E-state index >= 15 is 0 Å². The molecule has 6 nitrogen and oxygen atoms in total. The maximum Gasteiger partial charge on any atom is 0.344 e. The van der Waals surface area contributed by atoms with Crippen molar-refractivity contribution in [3.05, 3.63) is 29.8 Å². The molecule has 2 amide bonds. The standard InChI is InChI=1S/C14H15NO5S/c1-2-19-12(16)8-20-10-5-3-9(4-6-10)7-11-13(17)15-14(18)21-11/h3-6,11H,2,7-8H2,1H3,(H,15,17,18). The van der Waals surface area contributed by atoms with Crippen LogP contribution in [0.25, 0.3) is 0 Å².